The number of hydrogen-bond donors (Lipinski definition) is 1. The van der Waals surface area contributed by atoms with Gasteiger partial charge < -0.3 is 5.73 Å². The minimum atomic E-state index is -0.466. The van der Waals surface area contributed by atoms with Crippen molar-refractivity contribution >= 4 is 16.6 Å². The van der Waals surface area contributed by atoms with Crippen LogP contribution in [0.25, 0.3) is 21.9 Å². The second kappa shape index (κ2) is 4.31. The summed E-state index contributed by atoms with van der Waals surface area (Å²) in [4.78, 5) is 3.99. The lowest BCUT2D eigenvalue weighted by molar-refractivity contribution is 0.603. The quantitative estimate of drug-likeness (QED) is 0.720. The van der Waals surface area contributed by atoms with Crippen molar-refractivity contribution in [1.29, 1.82) is 0 Å². The molecule has 4 heteroatoms. The molecule has 3 aromatic rings. The molecule has 0 saturated carbocycles. The molecule has 94 valence electrons. The van der Waals surface area contributed by atoms with E-state index in [-0.39, 0.29) is 5.56 Å². The van der Waals surface area contributed by atoms with Crippen LogP contribution in [0.1, 0.15) is 0 Å². The number of aromatic nitrogens is 1. The number of nitrogen functional groups attached to an aromatic ring is 1. The van der Waals surface area contributed by atoms with E-state index in [0.29, 0.717) is 11.4 Å². The minimum absolute atomic E-state index is 0.235. The van der Waals surface area contributed by atoms with E-state index in [9.17, 15) is 8.78 Å². The van der Waals surface area contributed by atoms with Gasteiger partial charge in [0.25, 0.3) is 0 Å². The van der Waals surface area contributed by atoms with Crippen molar-refractivity contribution in [3.05, 3.63) is 60.3 Å². The lowest BCUT2D eigenvalue weighted by atomic mass is 10.0. The normalized spacial score (nSPS) is 10.8. The van der Waals surface area contributed by atoms with E-state index in [1.807, 2.05) is 6.07 Å². The Balaban J connectivity index is 2.20. The third kappa shape index (κ3) is 2.12. The van der Waals surface area contributed by atoms with Crippen molar-refractivity contribution < 1.29 is 8.78 Å². The van der Waals surface area contributed by atoms with E-state index in [0.717, 1.165) is 22.9 Å². The molecule has 0 radical (unpaired) electrons. The Kier molecular flexibility index (Phi) is 2.63. The Bertz CT molecular complexity index is 769. The van der Waals surface area contributed by atoms with Crippen LogP contribution in [0.2, 0.25) is 0 Å². The van der Waals surface area contributed by atoms with Gasteiger partial charge in [0.05, 0.1) is 0 Å². The molecule has 0 aliphatic heterocycles. The number of hydrogen-bond acceptors (Lipinski definition) is 2. The number of nitrogens with two attached hydrogens (primary N) is 1. The monoisotopic (exact) mass is 256 g/mol. The number of halogens is 2. The van der Waals surface area contributed by atoms with Crippen LogP contribution in [0.5, 0.6) is 0 Å². The molecule has 19 heavy (non-hydrogen) atoms. The molecule has 0 aliphatic carbocycles. The predicted octanol–water partition coefficient (Wildman–Crippen LogP) is 3.76. The summed E-state index contributed by atoms with van der Waals surface area (Å²) >= 11 is 0. The Morgan fingerprint density at radius 1 is 0.895 bits per heavy atom. The molecule has 3 rings (SSSR count). The van der Waals surface area contributed by atoms with E-state index in [1.165, 1.54) is 6.07 Å². The van der Waals surface area contributed by atoms with Gasteiger partial charge in [0, 0.05) is 17.1 Å². The highest BCUT2D eigenvalue weighted by atomic mass is 19.1. The van der Waals surface area contributed by atoms with E-state index >= 15 is 0 Å². The zero-order valence-corrected chi connectivity index (χ0v) is 9.90. The molecule has 0 aliphatic rings. The van der Waals surface area contributed by atoms with Gasteiger partial charge in [-0.15, -0.1) is 0 Å². The topological polar surface area (TPSA) is 38.9 Å². The molecule has 0 unspecified atom stereocenters. The van der Waals surface area contributed by atoms with Crippen LogP contribution in [0.15, 0.2) is 48.7 Å². The number of pyridine rings is 1. The maximum atomic E-state index is 13.7. The zero-order chi connectivity index (χ0) is 13.4. The predicted molar refractivity (Wildman–Crippen MR) is 71.5 cm³/mol. The van der Waals surface area contributed by atoms with E-state index in [1.54, 1.807) is 24.4 Å². The summed E-state index contributed by atoms with van der Waals surface area (Å²) in [5.74, 6) is -0.492. The molecule has 2 aromatic carbocycles. The van der Waals surface area contributed by atoms with Gasteiger partial charge in [-0.1, -0.05) is 12.1 Å². The van der Waals surface area contributed by atoms with Crippen molar-refractivity contribution in [3.63, 3.8) is 0 Å². The fourth-order valence-electron chi connectivity index (χ4n) is 2.04. The molecule has 0 fully saturated rings. The molecule has 0 spiro atoms. The Morgan fingerprint density at radius 2 is 1.74 bits per heavy atom. The molecule has 2 N–H and O–H groups in total. The highest BCUT2D eigenvalue weighted by molar-refractivity contribution is 5.88. The largest absolute Gasteiger partial charge is 0.384 e. The third-order valence-corrected chi connectivity index (χ3v) is 2.98. The second-order valence-electron chi connectivity index (χ2n) is 4.30. The van der Waals surface area contributed by atoms with Crippen LogP contribution in [-0.2, 0) is 0 Å². The summed E-state index contributed by atoms with van der Waals surface area (Å²) in [5, 5.41) is 1.74. The molecule has 0 atom stereocenters. The maximum absolute atomic E-state index is 13.7. The SMILES string of the molecule is Nc1cc2ccc(-c3cc(F)ccc3F)cc2cn1. The number of fused-ring (bicyclic) bond motifs is 1. The molecule has 2 nitrogen and oxygen atoms in total. The summed E-state index contributed by atoms with van der Waals surface area (Å²) in [5.41, 5.74) is 6.44. The summed E-state index contributed by atoms with van der Waals surface area (Å²) in [6.45, 7) is 0. The van der Waals surface area contributed by atoms with Crippen LogP contribution < -0.4 is 5.73 Å². The van der Waals surface area contributed by atoms with Gasteiger partial charge in [-0.05, 0) is 41.3 Å². The van der Waals surface area contributed by atoms with Crippen molar-refractivity contribution in [2.24, 2.45) is 0 Å². The second-order valence-corrected chi connectivity index (χ2v) is 4.30. The van der Waals surface area contributed by atoms with Crippen LogP contribution in [0, 0.1) is 11.6 Å². The Labute approximate surface area is 108 Å². The summed E-state index contributed by atoms with van der Waals surface area (Å²) in [6.07, 6.45) is 1.62. The van der Waals surface area contributed by atoms with Gasteiger partial charge in [-0.2, -0.15) is 0 Å². The van der Waals surface area contributed by atoms with Crippen LogP contribution in [-0.4, -0.2) is 4.98 Å². The maximum Gasteiger partial charge on any atom is 0.131 e. The van der Waals surface area contributed by atoms with Crippen molar-refractivity contribution in [2.45, 2.75) is 0 Å². The van der Waals surface area contributed by atoms with Gasteiger partial charge in [0.2, 0.25) is 0 Å². The van der Waals surface area contributed by atoms with Gasteiger partial charge in [0.15, 0.2) is 0 Å². The summed E-state index contributed by atoms with van der Waals surface area (Å²) in [6, 6.07) is 10.5. The molecule has 0 saturated heterocycles. The number of rotatable bonds is 1. The Morgan fingerprint density at radius 3 is 2.58 bits per heavy atom. The standard InChI is InChI=1S/C15H10F2N2/c16-12-3-4-14(17)13(7-12)10-2-1-9-6-15(18)19-8-11(9)5-10/h1-8H,(H2,18,19). The number of nitrogens with zero attached hydrogens (tertiary/aromatic N) is 1. The molecule has 0 bridgehead atoms. The molecular formula is C15H10F2N2. The van der Waals surface area contributed by atoms with Gasteiger partial charge >= 0.3 is 0 Å². The van der Waals surface area contributed by atoms with E-state index in [4.69, 9.17) is 5.73 Å². The summed E-state index contributed by atoms with van der Waals surface area (Å²) < 4.78 is 26.9. The van der Waals surface area contributed by atoms with Crippen LogP contribution >= 0.6 is 0 Å². The first-order chi connectivity index (χ1) is 9.13. The van der Waals surface area contributed by atoms with Crippen molar-refractivity contribution in [1.82, 2.24) is 4.98 Å². The zero-order valence-electron chi connectivity index (χ0n) is 9.90. The van der Waals surface area contributed by atoms with Crippen LogP contribution in [0.3, 0.4) is 0 Å². The number of anilines is 1. The molecular weight excluding hydrogens is 246 g/mol. The first-order valence-corrected chi connectivity index (χ1v) is 5.74. The van der Waals surface area contributed by atoms with E-state index < -0.39 is 11.6 Å². The highest BCUT2D eigenvalue weighted by Crippen LogP contribution is 2.27. The highest BCUT2D eigenvalue weighted by Gasteiger charge is 2.07. The third-order valence-electron chi connectivity index (χ3n) is 2.98. The van der Waals surface area contributed by atoms with E-state index in [2.05, 4.69) is 4.98 Å². The fourth-order valence-corrected chi connectivity index (χ4v) is 2.04. The first kappa shape index (κ1) is 11.6. The van der Waals surface area contributed by atoms with Crippen molar-refractivity contribution in [2.75, 3.05) is 5.73 Å². The number of benzene rings is 2. The fraction of sp³-hybridized carbons (Fsp3) is 0. The first-order valence-electron chi connectivity index (χ1n) is 5.74. The van der Waals surface area contributed by atoms with Crippen molar-refractivity contribution in [3.8, 4) is 11.1 Å². The molecule has 1 aromatic heterocycles. The smallest absolute Gasteiger partial charge is 0.131 e. The van der Waals surface area contributed by atoms with Crippen LogP contribution in [0.4, 0.5) is 14.6 Å². The average molecular weight is 256 g/mol. The Hall–Kier alpha value is -2.49. The minimum Gasteiger partial charge on any atom is -0.384 e. The summed E-state index contributed by atoms with van der Waals surface area (Å²) in [7, 11) is 0. The lowest BCUT2D eigenvalue weighted by Gasteiger charge is -2.06. The lowest BCUT2D eigenvalue weighted by Crippen LogP contribution is -1.90. The molecule has 0 amide bonds. The average Bonchev–Trinajstić information content (AvgIpc) is 2.41. The van der Waals surface area contributed by atoms with Gasteiger partial charge in [-0.25, -0.2) is 13.8 Å². The van der Waals surface area contributed by atoms with Gasteiger partial charge in [-0.3, -0.25) is 0 Å². The van der Waals surface area contributed by atoms with Gasteiger partial charge in [0.1, 0.15) is 17.5 Å². The molecule has 1 heterocycles.